The lowest BCUT2D eigenvalue weighted by molar-refractivity contribution is -0.385. The molecule has 0 aliphatic heterocycles. The highest BCUT2D eigenvalue weighted by molar-refractivity contribution is 7.92. The van der Waals surface area contributed by atoms with Crippen molar-refractivity contribution >= 4 is 38.9 Å². The van der Waals surface area contributed by atoms with E-state index in [0.717, 1.165) is 15.9 Å². The van der Waals surface area contributed by atoms with Gasteiger partial charge in [0.1, 0.15) is 18.0 Å². The summed E-state index contributed by atoms with van der Waals surface area (Å²) in [6.45, 7) is 2.76. The number of methoxy groups -OCH3 is 2. The second-order valence-corrected chi connectivity index (χ2v) is 10.6. The van der Waals surface area contributed by atoms with Gasteiger partial charge in [0.05, 0.1) is 35.8 Å². The number of nitrogens with zero attached hydrogens (tertiary/aromatic N) is 2. The van der Waals surface area contributed by atoms with Gasteiger partial charge in [-0.1, -0.05) is 36.7 Å². The van der Waals surface area contributed by atoms with Gasteiger partial charge in [-0.15, -0.1) is 0 Å². The molecule has 0 heterocycles. The van der Waals surface area contributed by atoms with Gasteiger partial charge >= 0.3 is 0 Å². The van der Waals surface area contributed by atoms with E-state index < -0.39 is 33.4 Å². The van der Waals surface area contributed by atoms with Crippen LogP contribution >= 0.6 is 11.6 Å². The van der Waals surface area contributed by atoms with Gasteiger partial charge in [-0.3, -0.25) is 19.2 Å². The molecule has 3 aromatic carbocycles. The van der Waals surface area contributed by atoms with Gasteiger partial charge < -0.3 is 14.8 Å². The molecule has 10 nitrogen and oxygen atoms in total. The van der Waals surface area contributed by atoms with Crippen molar-refractivity contribution in [2.75, 3.05) is 25.1 Å². The van der Waals surface area contributed by atoms with Crippen molar-refractivity contribution in [1.82, 2.24) is 5.32 Å². The van der Waals surface area contributed by atoms with Crippen LogP contribution in [0.3, 0.4) is 0 Å². The van der Waals surface area contributed by atoms with E-state index in [1.165, 1.54) is 44.4 Å². The Labute approximate surface area is 226 Å². The molecule has 0 aromatic heterocycles. The van der Waals surface area contributed by atoms with E-state index in [9.17, 15) is 23.3 Å². The van der Waals surface area contributed by atoms with Crippen molar-refractivity contribution in [2.24, 2.45) is 0 Å². The van der Waals surface area contributed by atoms with Crippen LogP contribution in [0, 0.1) is 17.0 Å². The summed E-state index contributed by atoms with van der Waals surface area (Å²) in [4.78, 5) is 23.7. The first-order valence-corrected chi connectivity index (χ1v) is 13.4. The molecule has 202 valence electrons. The van der Waals surface area contributed by atoms with Crippen LogP contribution < -0.4 is 19.1 Å². The smallest absolute Gasteiger partial charge is 0.273 e. The van der Waals surface area contributed by atoms with Crippen molar-refractivity contribution in [2.45, 2.75) is 31.2 Å². The Hall–Kier alpha value is -3.83. The highest BCUT2D eigenvalue weighted by atomic mass is 35.5. The quantitative estimate of drug-likeness (QED) is 0.256. The average molecular weight is 562 g/mol. The SMILES string of the molecule is CC[C@H](NC(=O)CN(c1cc(Cl)ccc1OC)S(=O)(=O)c1ccc(C)c([N+](=O)[O-])c1)c1ccc(OC)cc1. The number of aryl methyl sites for hydroxylation is 1. The fraction of sp³-hybridized carbons (Fsp3) is 0.269. The fourth-order valence-corrected chi connectivity index (χ4v) is 5.47. The van der Waals surface area contributed by atoms with E-state index in [2.05, 4.69) is 5.32 Å². The molecule has 0 radical (unpaired) electrons. The largest absolute Gasteiger partial charge is 0.497 e. The number of nitro groups is 1. The van der Waals surface area contributed by atoms with Crippen LogP contribution in [-0.2, 0) is 14.8 Å². The number of carbonyl (C=O) groups is 1. The lowest BCUT2D eigenvalue weighted by atomic mass is 10.0. The summed E-state index contributed by atoms with van der Waals surface area (Å²) in [6, 6.07) is 14.7. The minimum absolute atomic E-state index is 0.0101. The molecule has 0 bridgehead atoms. The monoisotopic (exact) mass is 561 g/mol. The first-order chi connectivity index (χ1) is 18.0. The first-order valence-electron chi connectivity index (χ1n) is 11.6. The topological polar surface area (TPSA) is 128 Å². The number of anilines is 1. The molecule has 0 saturated heterocycles. The van der Waals surface area contributed by atoms with Crippen LogP contribution in [0.5, 0.6) is 11.5 Å². The minimum Gasteiger partial charge on any atom is -0.497 e. The molecule has 1 atom stereocenters. The number of nitrogens with one attached hydrogen (secondary N) is 1. The van der Waals surface area contributed by atoms with E-state index in [1.54, 1.807) is 19.2 Å². The number of sulfonamides is 1. The average Bonchev–Trinajstić information content (AvgIpc) is 2.90. The summed E-state index contributed by atoms with van der Waals surface area (Å²) in [5.74, 6) is 0.210. The summed E-state index contributed by atoms with van der Waals surface area (Å²) in [6.07, 6.45) is 0.537. The molecule has 3 rings (SSSR count). The van der Waals surface area contributed by atoms with Crippen molar-refractivity contribution < 1.29 is 27.6 Å². The summed E-state index contributed by atoms with van der Waals surface area (Å²) in [5, 5.41) is 14.6. The molecule has 0 unspecified atom stereocenters. The van der Waals surface area contributed by atoms with Crippen LogP contribution in [-0.4, -0.2) is 40.0 Å². The summed E-state index contributed by atoms with van der Waals surface area (Å²) >= 11 is 6.17. The van der Waals surface area contributed by atoms with E-state index in [-0.39, 0.29) is 27.0 Å². The number of benzene rings is 3. The number of halogens is 1. The van der Waals surface area contributed by atoms with Crippen LogP contribution in [0.4, 0.5) is 11.4 Å². The van der Waals surface area contributed by atoms with Gasteiger partial charge in [0.2, 0.25) is 5.91 Å². The van der Waals surface area contributed by atoms with Crippen molar-refractivity contribution in [3.8, 4) is 11.5 Å². The molecule has 1 amide bonds. The Balaban J connectivity index is 2.04. The zero-order valence-electron chi connectivity index (χ0n) is 21.3. The zero-order valence-corrected chi connectivity index (χ0v) is 22.9. The molecule has 38 heavy (non-hydrogen) atoms. The number of hydrogen-bond donors (Lipinski definition) is 1. The second-order valence-electron chi connectivity index (χ2n) is 8.33. The Morgan fingerprint density at radius 1 is 1.08 bits per heavy atom. The summed E-state index contributed by atoms with van der Waals surface area (Å²) in [5.41, 5.74) is 0.754. The number of carbonyl (C=O) groups excluding carboxylic acids is 1. The normalized spacial score (nSPS) is 11.9. The second kappa shape index (κ2) is 12.1. The van der Waals surface area contributed by atoms with Crippen molar-refractivity contribution in [3.63, 3.8) is 0 Å². The maximum Gasteiger partial charge on any atom is 0.273 e. The lowest BCUT2D eigenvalue weighted by Crippen LogP contribution is -2.42. The standard InChI is InChI=1S/C26H28ClN3O7S/c1-5-22(18-7-10-20(36-3)11-8-18)28-26(31)16-29(24-14-19(27)9-13-25(24)37-4)38(34,35)21-12-6-17(2)23(15-21)30(32)33/h6-15,22H,5,16H2,1-4H3,(H,28,31)/t22-/m0/s1. The van der Waals surface area contributed by atoms with E-state index in [0.29, 0.717) is 17.7 Å². The highest BCUT2D eigenvalue weighted by Crippen LogP contribution is 2.36. The number of amides is 1. The van der Waals surface area contributed by atoms with E-state index in [1.807, 2.05) is 19.1 Å². The Kier molecular flexibility index (Phi) is 9.18. The molecule has 1 N–H and O–H groups in total. The van der Waals surface area contributed by atoms with Gasteiger partial charge in [0.15, 0.2) is 0 Å². The highest BCUT2D eigenvalue weighted by Gasteiger charge is 2.32. The predicted octanol–water partition coefficient (Wildman–Crippen LogP) is 5.04. The van der Waals surface area contributed by atoms with Gasteiger partial charge in [0, 0.05) is 16.7 Å². The third kappa shape index (κ3) is 6.35. The lowest BCUT2D eigenvalue weighted by Gasteiger charge is -2.27. The van der Waals surface area contributed by atoms with E-state index >= 15 is 0 Å². The van der Waals surface area contributed by atoms with E-state index in [4.69, 9.17) is 21.1 Å². The maximum absolute atomic E-state index is 13.8. The molecule has 0 aliphatic carbocycles. The maximum atomic E-state index is 13.8. The molecule has 0 fully saturated rings. The fourth-order valence-electron chi connectivity index (χ4n) is 3.86. The number of rotatable bonds is 11. The Bertz CT molecular complexity index is 1430. The molecule has 0 saturated carbocycles. The van der Waals surface area contributed by atoms with Crippen LogP contribution in [0.15, 0.2) is 65.6 Å². The number of ether oxygens (including phenoxy) is 2. The molecule has 0 spiro atoms. The molecule has 0 aliphatic rings. The van der Waals surface area contributed by atoms with Gasteiger partial charge in [-0.25, -0.2) is 8.42 Å². The summed E-state index contributed by atoms with van der Waals surface area (Å²) < 4.78 is 39.0. The summed E-state index contributed by atoms with van der Waals surface area (Å²) in [7, 11) is -1.57. The predicted molar refractivity (Wildman–Crippen MR) is 145 cm³/mol. The van der Waals surface area contributed by atoms with Crippen LogP contribution in [0.25, 0.3) is 0 Å². The first kappa shape index (κ1) is 28.7. The molecule has 12 heteroatoms. The third-order valence-corrected chi connectivity index (χ3v) is 7.91. The van der Waals surface area contributed by atoms with Crippen LogP contribution in [0.2, 0.25) is 5.02 Å². The van der Waals surface area contributed by atoms with Crippen LogP contribution in [0.1, 0.15) is 30.5 Å². The van der Waals surface area contributed by atoms with Crippen molar-refractivity contribution in [1.29, 1.82) is 0 Å². The van der Waals surface area contributed by atoms with Gasteiger partial charge in [-0.05, 0) is 55.3 Å². The Morgan fingerprint density at radius 2 is 1.76 bits per heavy atom. The molecule has 3 aromatic rings. The van der Waals surface area contributed by atoms with Crippen molar-refractivity contribution in [3.05, 3.63) is 86.9 Å². The van der Waals surface area contributed by atoms with Gasteiger partial charge in [-0.2, -0.15) is 0 Å². The molecular formula is C26H28ClN3O7S. The third-order valence-electron chi connectivity index (χ3n) is 5.92. The molecular weight excluding hydrogens is 534 g/mol. The Morgan fingerprint density at radius 3 is 2.34 bits per heavy atom. The van der Waals surface area contributed by atoms with Gasteiger partial charge in [0.25, 0.3) is 15.7 Å². The zero-order chi connectivity index (χ0) is 28.0. The number of hydrogen-bond acceptors (Lipinski definition) is 7. The minimum atomic E-state index is -4.47. The number of nitro benzene ring substituents is 1.